The third-order valence-electron chi connectivity index (χ3n) is 6.17. The second kappa shape index (κ2) is 9.41. The number of anilines is 2. The van der Waals surface area contributed by atoms with Gasteiger partial charge in [0.1, 0.15) is 4.90 Å². The van der Waals surface area contributed by atoms with Crippen LogP contribution in [0.25, 0.3) is 11.1 Å². The molecule has 1 atom stereocenters. The van der Waals surface area contributed by atoms with Crippen LogP contribution in [-0.2, 0) is 10.0 Å². The van der Waals surface area contributed by atoms with Crippen LogP contribution in [0.2, 0.25) is 5.02 Å². The predicted octanol–water partition coefficient (Wildman–Crippen LogP) is 5.29. The highest BCUT2D eigenvalue weighted by Gasteiger charge is 2.37. The molecule has 1 amide bonds. The number of para-hydroxylation sites is 1. The number of halogens is 1. The minimum Gasteiger partial charge on any atom is -0.366 e. The third-order valence-corrected chi connectivity index (χ3v) is 8.43. The molecule has 6 nitrogen and oxygen atoms in total. The molecule has 0 aliphatic carbocycles. The quantitative estimate of drug-likeness (QED) is 0.519. The molecule has 3 aromatic carbocycles. The van der Waals surface area contributed by atoms with Gasteiger partial charge in [0.15, 0.2) is 0 Å². The van der Waals surface area contributed by atoms with Gasteiger partial charge in [0.25, 0.3) is 0 Å². The zero-order valence-electron chi connectivity index (χ0n) is 19.4. The van der Waals surface area contributed by atoms with E-state index in [1.165, 1.54) is 4.31 Å². The Balaban J connectivity index is 1.96. The third kappa shape index (κ3) is 4.56. The van der Waals surface area contributed by atoms with Crippen LogP contribution in [0.4, 0.5) is 11.4 Å². The Morgan fingerprint density at radius 2 is 1.79 bits per heavy atom. The molecule has 2 N–H and O–H groups in total. The average Bonchev–Trinajstić information content (AvgIpc) is 2.87. The van der Waals surface area contributed by atoms with Gasteiger partial charge in [-0.3, -0.25) is 4.79 Å². The first-order valence-corrected chi connectivity index (χ1v) is 13.0. The second-order valence-corrected chi connectivity index (χ2v) is 11.4. The Hall–Kier alpha value is -2.87. The van der Waals surface area contributed by atoms with E-state index in [2.05, 4.69) is 13.8 Å². The molecule has 4 rings (SSSR count). The van der Waals surface area contributed by atoms with Gasteiger partial charge < -0.3 is 10.6 Å². The monoisotopic (exact) mass is 497 g/mol. The number of likely N-dealkylation sites (N-methyl/N-ethyl adjacent to an activating group) is 1. The molecule has 0 aromatic heterocycles. The molecule has 0 saturated carbocycles. The van der Waals surface area contributed by atoms with Gasteiger partial charge in [-0.2, -0.15) is 4.31 Å². The Labute approximate surface area is 206 Å². The minimum atomic E-state index is -3.83. The van der Waals surface area contributed by atoms with Crippen molar-refractivity contribution in [2.45, 2.75) is 31.2 Å². The van der Waals surface area contributed by atoms with Crippen molar-refractivity contribution in [1.29, 1.82) is 0 Å². The molecule has 0 unspecified atom stereocenters. The number of primary amides is 1. The van der Waals surface area contributed by atoms with Gasteiger partial charge in [-0.1, -0.05) is 55.8 Å². The smallest absolute Gasteiger partial charge is 0.248 e. The molecule has 1 aliphatic rings. The Morgan fingerprint density at radius 1 is 1.09 bits per heavy atom. The summed E-state index contributed by atoms with van der Waals surface area (Å²) in [5.41, 5.74) is 8.34. The highest BCUT2D eigenvalue weighted by Crippen LogP contribution is 2.43. The SMILES string of the molecule is CC(C)C[C@@H]1CN(c2ccccc2)c2cc(Cl)c(-c3cccc(C(N)=O)c3)cc2S(=O)(=O)N1C. The molecule has 1 heterocycles. The lowest BCUT2D eigenvalue weighted by molar-refractivity contribution is 0.100. The Bertz CT molecular complexity index is 1330. The number of carbonyl (C=O) groups excluding carboxylic acids is 1. The lowest BCUT2D eigenvalue weighted by Gasteiger charge is -2.30. The van der Waals surface area contributed by atoms with Crippen LogP contribution < -0.4 is 10.6 Å². The van der Waals surface area contributed by atoms with Gasteiger partial charge in [-0.25, -0.2) is 8.42 Å². The van der Waals surface area contributed by atoms with E-state index in [0.29, 0.717) is 46.3 Å². The van der Waals surface area contributed by atoms with Crippen LogP contribution >= 0.6 is 11.6 Å². The molecular formula is C26H28ClN3O3S. The lowest BCUT2D eigenvalue weighted by Crippen LogP contribution is -2.41. The molecule has 0 radical (unpaired) electrons. The van der Waals surface area contributed by atoms with Crippen molar-refractivity contribution in [3.05, 3.63) is 77.3 Å². The first-order chi connectivity index (χ1) is 16.1. The fourth-order valence-corrected chi connectivity index (χ4v) is 6.24. The number of nitrogens with two attached hydrogens (primary N) is 1. The number of sulfonamides is 1. The molecule has 178 valence electrons. The zero-order chi connectivity index (χ0) is 24.6. The highest BCUT2D eigenvalue weighted by molar-refractivity contribution is 7.89. The van der Waals surface area contributed by atoms with Gasteiger partial charge in [0.2, 0.25) is 15.9 Å². The summed E-state index contributed by atoms with van der Waals surface area (Å²) in [7, 11) is -2.18. The second-order valence-electron chi connectivity index (χ2n) is 9.00. The highest BCUT2D eigenvalue weighted by atomic mass is 35.5. The first kappa shape index (κ1) is 24.3. The Morgan fingerprint density at radius 3 is 2.44 bits per heavy atom. The summed E-state index contributed by atoms with van der Waals surface area (Å²) in [6.07, 6.45) is 0.717. The fraction of sp³-hybridized carbons (Fsp3) is 0.269. The van der Waals surface area contributed by atoms with E-state index in [1.54, 1.807) is 43.4 Å². The topological polar surface area (TPSA) is 83.7 Å². The number of benzene rings is 3. The number of carbonyl (C=O) groups is 1. The van der Waals surface area contributed by atoms with Crippen molar-refractivity contribution in [3.8, 4) is 11.1 Å². The molecular weight excluding hydrogens is 470 g/mol. The predicted molar refractivity (Wildman–Crippen MR) is 137 cm³/mol. The van der Waals surface area contributed by atoms with Crippen LogP contribution in [0.15, 0.2) is 71.6 Å². The normalized spacial score (nSPS) is 17.9. The molecule has 8 heteroatoms. The van der Waals surface area contributed by atoms with Crippen LogP contribution in [0.5, 0.6) is 0 Å². The van der Waals surface area contributed by atoms with E-state index in [9.17, 15) is 13.2 Å². The number of hydrogen-bond donors (Lipinski definition) is 1. The van der Waals surface area contributed by atoms with E-state index in [4.69, 9.17) is 17.3 Å². The summed E-state index contributed by atoms with van der Waals surface area (Å²) in [4.78, 5) is 13.9. The van der Waals surface area contributed by atoms with Crippen LogP contribution in [0, 0.1) is 5.92 Å². The average molecular weight is 498 g/mol. The molecule has 0 fully saturated rings. The standard InChI is InChI=1S/C26H28ClN3O3S/c1-17(2)12-21-16-30(20-10-5-4-6-11-20)24-15-23(27)22(14-25(24)34(32,33)29(21)3)18-8-7-9-19(13-18)26(28)31/h4-11,13-15,17,21H,12,16H2,1-3H3,(H2,28,31)/t21-/m1/s1. The largest absolute Gasteiger partial charge is 0.366 e. The van der Waals surface area contributed by atoms with E-state index in [1.807, 2.05) is 35.2 Å². The fourth-order valence-electron chi connectivity index (χ4n) is 4.42. The van der Waals surface area contributed by atoms with Gasteiger partial charge in [-0.15, -0.1) is 0 Å². The van der Waals surface area contributed by atoms with E-state index in [-0.39, 0.29) is 10.9 Å². The molecule has 1 aliphatic heterocycles. The van der Waals surface area contributed by atoms with Gasteiger partial charge in [0.05, 0.1) is 10.7 Å². The summed E-state index contributed by atoms with van der Waals surface area (Å²) in [6, 6.07) is 19.5. The summed E-state index contributed by atoms with van der Waals surface area (Å²) in [6.45, 7) is 4.68. The van der Waals surface area contributed by atoms with Crippen LogP contribution in [-0.4, -0.2) is 38.3 Å². The number of nitrogens with zero attached hydrogens (tertiary/aromatic N) is 2. The minimum absolute atomic E-state index is 0.175. The van der Waals surface area contributed by atoms with Crippen molar-refractivity contribution in [2.24, 2.45) is 11.7 Å². The molecule has 0 saturated heterocycles. The van der Waals surface area contributed by atoms with Crippen molar-refractivity contribution in [1.82, 2.24) is 4.31 Å². The van der Waals surface area contributed by atoms with Crippen molar-refractivity contribution in [2.75, 3.05) is 18.5 Å². The summed E-state index contributed by atoms with van der Waals surface area (Å²) in [5.74, 6) is -0.246. The maximum atomic E-state index is 13.8. The summed E-state index contributed by atoms with van der Waals surface area (Å²) < 4.78 is 29.2. The van der Waals surface area contributed by atoms with E-state index in [0.717, 1.165) is 5.69 Å². The van der Waals surface area contributed by atoms with Crippen LogP contribution in [0.3, 0.4) is 0 Å². The molecule has 0 spiro atoms. The van der Waals surface area contributed by atoms with Gasteiger partial charge in [-0.05, 0) is 54.3 Å². The maximum Gasteiger partial charge on any atom is 0.248 e. The number of hydrogen-bond acceptors (Lipinski definition) is 4. The molecule has 0 bridgehead atoms. The number of fused-ring (bicyclic) bond motifs is 1. The van der Waals surface area contributed by atoms with E-state index < -0.39 is 15.9 Å². The lowest BCUT2D eigenvalue weighted by atomic mass is 10.0. The van der Waals surface area contributed by atoms with Crippen molar-refractivity contribution in [3.63, 3.8) is 0 Å². The number of rotatable bonds is 5. The number of amides is 1. The molecule has 34 heavy (non-hydrogen) atoms. The molecule has 3 aromatic rings. The summed E-state index contributed by atoms with van der Waals surface area (Å²) in [5, 5.41) is 0.390. The van der Waals surface area contributed by atoms with Gasteiger partial charge in [0, 0.05) is 36.4 Å². The van der Waals surface area contributed by atoms with Gasteiger partial charge >= 0.3 is 0 Å². The van der Waals surface area contributed by atoms with Crippen LogP contribution in [0.1, 0.15) is 30.6 Å². The van der Waals surface area contributed by atoms with E-state index >= 15 is 0 Å². The summed E-state index contributed by atoms with van der Waals surface area (Å²) >= 11 is 6.73. The van der Waals surface area contributed by atoms with Crippen molar-refractivity contribution >= 4 is 38.9 Å². The first-order valence-electron chi connectivity index (χ1n) is 11.1. The maximum absolute atomic E-state index is 13.8. The Kier molecular flexibility index (Phi) is 6.71. The van der Waals surface area contributed by atoms with Crippen molar-refractivity contribution < 1.29 is 13.2 Å². The zero-order valence-corrected chi connectivity index (χ0v) is 21.0.